The van der Waals surface area contributed by atoms with Gasteiger partial charge < -0.3 is 10.6 Å². The molecule has 0 spiro atoms. The maximum Gasteiger partial charge on any atom is 0.238 e. The number of nitrogens with zero attached hydrogens (tertiary/aromatic N) is 1. The summed E-state index contributed by atoms with van der Waals surface area (Å²) in [6.45, 7) is 2.13. The van der Waals surface area contributed by atoms with E-state index < -0.39 is 0 Å². The molecule has 2 aromatic carbocycles. The third-order valence-electron chi connectivity index (χ3n) is 3.40. The molecule has 0 fully saturated rings. The Morgan fingerprint density at radius 2 is 1.76 bits per heavy atom. The Balaban J connectivity index is 1.83. The van der Waals surface area contributed by atoms with Gasteiger partial charge in [0.15, 0.2) is 0 Å². The molecule has 2 aromatic rings. The molecule has 0 saturated heterocycles. The van der Waals surface area contributed by atoms with Crippen molar-refractivity contribution in [3.8, 4) is 0 Å². The van der Waals surface area contributed by atoms with E-state index >= 15 is 0 Å². The van der Waals surface area contributed by atoms with Crippen LogP contribution in [-0.2, 0) is 9.59 Å². The number of hydrogen-bond donors (Lipinski definition) is 2. The van der Waals surface area contributed by atoms with Crippen molar-refractivity contribution in [3.05, 3.63) is 57.5 Å². The topological polar surface area (TPSA) is 61.4 Å². The largest absolute Gasteiger partial charge is 0.325 e. The van der Waals surface area contributed by atoms with Crippen molar-refractivity contribution in [3.63, 3.8) is 0 Å². The molecular weight excluding hydrogens is 406 g/mol. The van der Waals surface area contributed by atoms with Gasteiger partial charge >= 0.3 is 0 Å². The van der Waals surface area contributed by atoms with Crippen molar-refractivity contribution in [2.24, 2.45) is 0 Å². The van der Waals surface area contributed by atoms with Gasteiger partial charge in [-0.05, 0) is 55.9 Å². The number of carbonyl (C=O) groups is 2. The molecule has 0 bridgehead atoms. The van der Waals surface area contributed by atoms with Crippen molar-refractivity contribution < 1.29 is 9.59 Å². The second kappa shape index (κ2) is 8.99. The lowest BCUT2D eigenvalue weighted by Crippen LogP contribution is -2.36. The van der Waals surface area contributed by atoms with Gasteiger partial charge in [-0.1, -0.05) is 33.6 Å². The SMILES string of the molecule is Cc1cc(Br)ccc1NC(=O)CN(C)CC(=O)Nc1cccc(Cl)c1. The van der Waals surface area contributed by atoms with Gasteiger partial charge in [0.25, 0.3) is 0 Å². The summed E-state index contributed by atoms with van der Waals surface area (Å²) in [4.78, 5) is 25.8. The summed E-state index contributed by atoms with van der Waals surface area (Å²) < 4.78 is 0.956. The Bertz CT molecular complexity index is 783. The number of anilines is 2. The molecule has 0 saturated carbocycles. The van der Waals surface area contributed by atoms with E-state index in [2.05, 4.69) is 26.6 Å². The second-order valence-electron chi connectivity index (χ2n) is 5.74. The van der Waals surface area contributed by atoms with Gasteiger partial charge in [0, 0.05) is 20.9 Å². The van der Waals surface area contributed by atoms with E-state index in [0.717, 1.165) is 15.7 Å². The van der Waals surface area contributed by atoms with Crippen LogP contribution in [-0.4, -0.2) is 36.9 Å². The molecule has 132 valence electrons. The summed E-state index contributed by atoms with van der Waals surface area (Å²) in [5.74, 6) is -0.388. The molecule has 2 amide bonds. The molecule has 0 aliphatic heterocycles. The molecule has 0 unspecified atom stereocenters. The first kappa shape index (κ1) is 19.4. The first-order valence-corrected chi connectivity index (χ1v) is 8.80. The molecule has 5 nitrogen and oxygen atoms in total. The fourth-order valence-electron chi connectivity index (χ4n) is 2.27. The zero-order chi connectivity index (χ0) is 18.4. The average molecular weight is 425 g/mol. The second-order valence-corrected chi connectivity index (χ2v) is 7.09. The number of benzene rings is 2. The number of aryl methyl sites for hydroxylation is 1. The summed E-state index contributed by atoms with van der Waals surface area (Å²) in [5, 5.41) is 6.15. The minimum Gasteiger partial charge on any atom is -0.325 e. The zero-order valence-electron chi connectivity index (χ0n) is 14.0. The van der Waals surface area contributed by atoms with Gasteiger partial charge in [-0.25, -0.2) is 0 Å². The third kappa shape index (κ3) is 6.49. The van der Waals surface area contributed by atoms with E-state index in [-0.39, 0.29) is 24.9 Å². The number of amides is 2. The lowest BCUT2D eigenvalue weighted by molar-refractivity contribution is -0.119. The molecule has 0 heterocycles. The van der Waals surface area contributed by atoms with Crippen LogP contribution < -0.4 is 10.6 Å². The Labute approximate surface area is 160 Å². The highest BCUT2D eigenvalue weighted by molar-refractivity contribution is 9.10. The Kier molecular flexibility index (Phi) is 6.99. The molecule has 0 aromatic heterocycles. The van der Waals surface area contributed by atoms with Crippen molar-refractivity contribution in [1.82, 2.24) is 4.90 Å². The molecule has 2 rings (SSSR count). The van der Waals surface area contributed by atoms with Crippen LogP contribution in [0, 0.1) is 6.92 Å². The smallest absolute Gasteiger partial charge is 0.238 e. The lowest BCUT2D eigenvalue weighted by atomic mass is 10.2. The molecule has 0 radical (unpaired) electrons. The van der Waals surface area contributed by atoms with E-state index in [0.29, 0.717) is 10.7 Å². The number of likely N-dealkylation sites (N-methyl/N-ethyl adjacent to an activating group) is 1. The van der Waals surface area contributed by atoms with Gasteiger partial charge in [-0.3, -0.25) is 14.5 Å². The molecule has 0 aliphatic rings. The maximum absolute atomic E-state index is 12.1. The first-order chi connectivity index (χ1) is 11.8. The van der Waals surface area contributed by atoms with E-state index in [1.54, 1.807) is 36.2 Å². The maximum atomic E-state index is 12.1. The molecular formula is C18H19BrClN3O2. The summed E-state index contributed by atoms with van der Waals surface area (Å²) >= 11 is 9.27. The Morgan fingerprint density at radius 3 is 2.40 bits per heavy atom. The van der Waals surface area contributed by atoms with Crippen LogP contribution in [0.1, 0.15) is 5.56 Å². The summed E-state index contributed by atoms with van der Waals surface area (Å²) in [7, 11) is 1.71. The minimum absolute atomic E-state index is 0.0965. The van der Waals surface area contributed by atoms with Crippen LogP contribution in [0.2, 0.25) is 5.02 Å². The van der Waals surface area contributed by atoms with E-state index in [4.69, 9.17) is 11.6 Å². The molecule has 7 heteroatoms. The predicted molar refractivity (Wildman–Crippen MR) is 105 cm³/mol. The van der Waals surface area contributed by atoms with Gasteiger partial charge in [0.2, 0.25) is 11.8 Å². The lowest BCUT2D eigenvalue weighted by Gasteiger charge is -2.16. The average Bonchev–Trinajstić information content (AvgIpc) is 2.49. The van der Waals surface area contributed by atoms with Gasteiger partial charge in [-0.15, -0.1) is 0 Å². The highest BCUT2D eigenvalue weighted by Crippen LogP contribution is 2.20. The van der Waals surface area contributed by atoms with Crippen LogP contribution in [0.25, 0.3) is 0 Å². The van der Waals surface area contributed by atoms with Crippen molar-refractivity contribution in [2.45, 2.75) is 6.92 Å². The standard InChI is InChI=1S/C18H19BrClN3O2/c1-12-8-13(19)6-7-16(12)22-18(25)11-23(2)10-17(24)21-15-5-3-4-14(20)9-15/h3-9H,10-11H2,1-2H3,(H,21,24)(H,22,25). The third-order valence-corrected chi connectivity index (χ3v) is 4.13. The van der Waals surface area contributed by atoms with E-state index in [1.165, 1.54) is 0 Å². The molecule has 0 aliphatic carbocycles. The zero-order valence-corrected chi connectivity index (χ0v) is 16.3. The van der Waals surface area contributed by atoms with Crippen LogP contribution >= 0.6 is 27.5 Å². The monoisotopic (exact) mass is 423 g/mol. The van der Waals surface area contributed by atoms with Crippen LogP contribution in [0.5, 0.6) is 0 Å². The van der Waals surface area contributed by atoms with Crippen molar-refractivity contribution >= 4 is 50.7 Å². The van der Waals surface area contributed by atoms with Crippen molar-refractivity contribution in [2.75, 3.05) is 30.8 Å². The van der Waals surface area contributed by atoms with Crippen LogP contribution in [0.15, 0.2) is 46.9 Å². The Hall–Kier alpha value is -1.89. The molecule has 25 heavy (non-hydrogen) atoms. The van der Waals surface area contributed by atoms with Crippen LogP contribution in [0.4, 0.5) is 11.4 Å². The number of nitrogens with one attached hydrogen (secondary N) is 2. The molecule has 0 atom stereocenters. The highest BCUT2D eigenvalue weighted by Gasteiger charge is 2.12. The normalized spacial score (nSPS) is 10.6. The van der Waals surface area contributed by atoms with Crippen LogP contribution in [0.3, 0.4) is 0 Å². The number of halogens is 2. The predicted octanol–water partition coefficient (Wildman–Crippen LogP) is 3.92. The fourth-order valence-corrected chi connectivity index (χ4v) is 2.94. The number of rotatable bonds is 6. The van der Waals surface area contributed by atoms with Crippen molar-refractivity contribution in [1.29, 1.82) is 0 Å². The molecule has 2 N–H and O–H groups in total. The number of hydrogen-bond acceptors (Lipinski definition) is 3. The van der Waals surface area contributed by atoms with Gasteiger partial charge in [0.1, 0.15) is 0 Å². The van der Waals surface area contributed by atoms with E-state index in [9.17, 15) is 9.59 Å². The van der Waals surface area contributed by atoms with E-state index in [1.807, 2.05) is 25.1 Å². The fraction of sp³-hybridized carbons (Fsp3) is 0.222. The summed E-state index contributed by atoms with van der Waals surface area (Å²) in [5.41, 5.74) is 2.34. The summed E-state index contributed by atoms with van der Waals surface area (Å²) in [6, 6.07) is 12.6. The minimum atomic E-state index is -0.211. The highest BCUT2D eigenvalue weighted by atomic mass is 79.9. The number of carbonyl (C=O) groups excluding carboxylic acids is 2. The van der Waals surface area contributed by atoms with Gasteiger partial charge in [-0.2, -0.15) is 0 Å². The first-order valence-electron chi connectivity index (χ1n) is 7.63. The Morgan fingerprint density at radius 1 is 1.08 bits per heavy atom. The quantitative estimate of drug-likeness (QED) is 0.739. The summed E-state index contributed by atoms with van der Waals surface area (Å²) in [6.07, 6.45) is 0. The van der Waals surface area contributed by atoms with Gasteiger partial charge in [0.05, 0.1) is 13.1 Å².